The highest BCUT2D eigenvalue weighted by Gasteiger charge is 2.13. The summed E-state index contributed by atoms with van der Waals surface area (Å²) >= 11 is 0. The van der Waals surface area contributed by atoms with Gasteiger partial charge in [0.05, 0.1) is 25.5 Å². The molecule has 1 aliphatic heterocycles. The molecule has 5 nitrogen and oxygen atoms in total. The molecule has 0 aromatic carbocycles. The summed E-state index contributed by atoms with van der Waals surface area (Å²) in [5, 5.41) is 3.14. The van der Waals surface area contributed by atoms with Gasteiger partial charge in [-0.05, 0) is 14.0 Å². The summed E-state index contributed by atoms with van der Waals surface area (Å²) in [5.41, 5.74) is 0. The Morgan fingerprint density at radius 2 is 2.24 bits per heavy atom. The number of hydrogen-bond acceptors (Lipinski definition) is 5. The van der Waals surface area contributed by atoms with Crippen LogP contribution in [0.5, 0.6) is 0 Å². The van der Waals surface area contributed by atoms with Gasteiger partial charge in [-0.25, -0.2) is 4.98 Å². The van der Waals surface area contributed by atoms with Crippen LogP contribution in [0.4, 0.5) is 0 Å². The lowest BCUT2D eigenvalue weighted by molar-refractivity contribution is 0.0377. The van der Waals surface area contributed by atoms with Crippen molar-refractivity contribution in [2.24, 2.45) is 0 Å². The van der Waals surface area contributed by atoms with Crippen molar-refractivity contribution in [3.63, 3.8) is 0 Å². The highest BCUT2D eigenvalue weighted by molar-refractivity contribution is 4.99. The van der Waals surface area contributed by atoms with E-state index in [9.17, 15) is 0 Å². The Bertz CT molecular complexity index is 334. The number of aromatic nitrogens is 1. The molecule has 0 amide bonds. The molecule has 1 unspecified atom stereocenters. The average Bonchev–Trinajstić information content (AvgIpc) is 2.85. The van der Waals surface area contributed by atoms with Crippen LogP contribution in [0.3, 0.4) is 0 Å². The monoisotopic (exact) mass is 239 g/mol. The first-order valence-corrected chi connectivity index (χ1v) is 6.21. The van der Waals surface area contributed by atoms with Gasteiger partial charge in [0.25, 0.3) is 0 Å². The van der Waals surface area contributed by atoms with Crippen molar-refractivity contribution in [3.05, 3.63) is 17.8 Å². The number of oxazole rings is 1. The van der Waals surface area contributed by atoms with E-state index in [4.69, 9.17) is 9.15 Å². The fourth-order valence-corrected chi connectivity index (χ4v) is 1.86. The Morgan fingerprint density at radius 3 is 2.94 bits per heavy atom. The lowest BCUT2D eigenvalue weighted by Crippen LogP contribution is -2.37. The highest BCUT2D eigenvalue weighted by Crippen LogP contribution is 2.13. The minimum atomic E-state index is 0.222. The lowest BCUT2D eigenvalue weighted by atomic mass is 10.3. The summed E-state index contributed by atoms with van der Waals surface area (Å²) in [6.07, 6.45) is 2.69. The van der Waals surface area contributed by atoms with Gasteiger partial charge < -0.3 is 14.5 Å². The zero-order valence-corrected chi connectivity index (χ0v) is 10.6. The van der Waals surface area contributed by atoms with E-state index in [1.807, 2.05) is 13.2 Å². The standard InChI is InChI=1S/C12H21N3O2/c1-10(13-2)11-9-14-12(17-11)3-4-15-5-7-16-8-6-15/h9-10,13H,3-8H2,1-2H3. The van der Waals surface area contributed by atoms with Crippen molar-refractivity contribution in [2.45, 2.75) is 19.4 Å². The van der Waals surface area contributed by atoms with E-state index in [1.54, 1.807) is 0 Å². The van der Waals surface area contributed by atoms with Gasteiger partial charge in [0.2, 0.25) is 0 Å². The fourth-order valence-electron chi connectivity index (χ4n) is 1.86. The SMILES string of the molecule is CNC(C)c1cnc(CCN2CCOCC2)o1. The molecule has 96 valence electrons. The van der Waals surface area contributed by atoms with Gasteiger partial charge >= 0.3 is 0 Å². The van der Waals surface area contributed by atoms with Crippen LogP contribution in [-0.2, 0) is 11.2 Å². The highest BCUT2D eigenvalue weighted by atomic mass is 16.5. The molecule has 0 bridgehead atoms. The van der Waals surface area contributed by atoms with Crippen molar-refractivity contribution in [1.29, 1.82) is 0 Å². The average molecular weight is 239 g/mol. The van der Waals surface area contributed by atoms with Crippen LogP contribution in [-0.4, -0.2) is 49.8 Å². The van der Waals surface area contributed by atoms with Gasteiger partial charge in [-0.15, -0.1) is 0 Å². The Morgan fingerprint density at radius 1 is 1.47 bits per heavy atom. The van der Waals surface area contributed by atoms with Gasteiger partial charge in [0, 0.05) is 26.1 Å². The molecule has 0 radical (unpaired) electrons. The predicted molar refractivity (Wildman–Crippen MR) is 64.9 cm³/mol. The van der Waals surface area contributed by atoms with Crippen LogP contribution in [0.25, 0.3) is 0 Å². The van der Waals surface area contributed by atoms with Crippen LogP contribution in [0.2, 0.25) is 0 Å². The Hall–Kier alpha value is -0.910. The van der Waals surface area contributed by atoms with E-state index in [0.29, 0.717) is 0 Å². The van der Waals surface area contributed by atoms with Crippen molar-refractivity contribution < 1.29 is 9.15 Å². The zero-order valence-electron chi connectivity index (χ0n) is 10.6. The van der Waals surface area contributed by atoms with E-state index in [0.717, 1.165) is 50.9 Å². The van der Waals surface area contributed by atoms with Gasteiger partial charge in [-0.3, -0.25) is 4.90 Å². The van der Waals surface area contributed by atoms with Crippen molar-refractivity contribution in [2.75, 3.05) is 39.9 Å². The third-order valence-corrected chi connectivity index (χ3v) is 3.18. The first kappa shape index (κ1) is 12.5. The Labute approximate surface area is 102 Å². The molecular formula is C12H21N3O2. The summed E-state index contributed by atoms with van der Waals surface area (Å²) in [4.78, 5) is 6.69. The second kappa shape index (κ2) is 6.14. The van der Waals surface area contributed by atoms with Crippen LogP contribution in [0.15, 0.2) is 10.6 Å². The van der Waals surface area contributed by atoms with Gasteiger partial charge in [-0.1, -0.05) is 0 Å². The molecule has 5 heteroatoms. The minimum absolute atomic E-state index is 0.222. The largest absolute Gasteiger partial charge is 0.444 e. The predicted octanol–water partition coefficient (Wildman–Crippen LogP) is 0.830. The van der Waals surface area contributed by atoms with Crippen molar-refractivity contribution in [3.8, 4) is 0 Å². The van der Waals surface area contributed by atoms with Crippen LogP contribution < -0.4 is 5.32 Å². The first-order chi connectivity index (χ1) is 8.29. The third-order valence-electron chi connectivity index (χ3n) is 3.18. The molecule has 0 aliphatic carbocycles. The van der Waals surface area contributed by atoms with E-state index in [1.165, 1.54) is 0 Å². The van der Waals surface area contributed by atoms with E-state index >= 15 is 0 Å². The molecule has 1 saturated heterocycles. The number of morpholine rings is 1. The lowest BCUT2D eigenvalue weighted by Gasteiger charge is -2.25. The zero-order chi connectivity index (χ0) is 12.1. The minimum Gasteiger partial charge on any atom is -0.444 e. The number of nitrogens with one attached hydrogen (secondary N) is 1. The van der Waals surface area contributed by atoms with E-state index in [2.05, 4.69) is 22.1 Å². The van der Waals surface area contributed by atoms with Crippen LogP contribution in [0, 0.1) is 0 Å². The van der Waals surface area contributed by atoms with Gasteiger partial charge in [0.1, 0.15) is 5.76 Å². The molecule has 1 atom stereocenters. The van der Waals surface area contributed by atoms with E-state index < -0.39 is 0 Å². The second-order valence-electron chi connectivity index (χ2n) is 4.37. The normalized spacial score (nSPS) is 19.4. The quantitative estimate of drug-likeness (QED) is 0.825. The molecule has 1 N–H and O–H groups in total. The number of ether oxygens (including phenoxy) is 1. The number of rotatable bonds is 5. The second-order valence-corrected chi connectivity index (χ2v) is 4.37. The maximum Gasteiger partial charge on any atom is 0.195 e. The molecular weight excluding hydrogens is 218 g/mol. The van der Waals surface area contributed by atoms with Crippen LogP contribution in [0.1, 0.15) is 24.6 Å². The Balaban J connectivity index is 1.80. The molecule has 2 heterocycles. The topological polar surface area (TPSA) is 50.5 Å². The summed E-state index contributed by atoms with van der Waals surface area (Å²) in [7, 11) is 1.92. The molecule has 1 aliphatic rings. The maximum absolute atomic E-state index is 5.70. The van der Waals surface area contributed by atoms with Gasteiger partial charge in [-0.2, -0.15) is 0 Å². The van der Waals surface area contributed by atoms with Crippen molar-refractivity contribution in [1.82, 2.24) is 15.2 Å². The summed E-state index contributed by atoms with van der Waals surface area (Å²) in [6.45, 7) is 6.77. The molecule has 0 spiro atoms. The molecule has 0 saturated carbocycles. The fraction of sp³-hybridized carbons (Fsp3) is 0.750. The smallest absolute Gasteiger partial charge is 0.195 e. The van der Waals surface area contributed by atoms with Crippen molar-refractivity contribution >= 4 is 0 Å². The number of nitrogens with zero attached hydrogens (tertiary/aromatic N) is 2. The van der Waals surface area contributed by atoms with Gasteiger partial charge in [0.15, 0.2) is 5.89 Å². The molecule has 2 rings (SSSR count). The molecule has 1 aromatic rings. The molecule has 1 aromatic heterocycles. The molecule has 17 heavy (non-hydrogen) atoms. The maximum atomic E-state index is 5.70. The van der Waals surface area contributed by atoms with Crippen LogP contribution >= 0.6 is 0 Å². The molecule has 1 fully saturated rings. The third kappa shape index (κ3) is 3.52. The first-order valence-electron chi connectivity index (χ1n) is 6.21. The summed E-state index contributed by atoms with van der Waals surface area (Å²) in [6, 6.07) is 0.222. The summed E-state index contributed by atoms with van der Waals surface area (Å²) in [5.74, 6) is 1.73. The number of hydrogen-bond donors (Lipinski definition) is 1. The summed E-state index contributed by atoms with van der Waals surface area (Å²) < 4.78 is 11.0. The van der Waals surface area contributed by atoms with E-state index in [-0.39, 0.29) is 6.04 Å². The Kier molecular flexibility index (Phi) is 4.53.